The largest absolute Gasteiger partial charge is 0.349 e. The summed E-state index contributed by atoms with van der Waals surface area (Å²) in [7, 11) is 0. The van der Waals surface area contributed by atoms with E-state index in [4.69, 9.17) is 0 Å². The van der Waals surface area contributed by atoms with Gasteiger partial charge in [0, 0.05) is 27.9 Å². The molecule has 0 radical (unpaired) electrons. The Hall–Kier alpha value is -1.59. The van der Waals surface area contributed by atoms with Crippen molar-refractivity contribution in [2.24, 2.45) is 0 Å². The molecule has 2 aromatic rings. The zero-order valence-electron chi connectivity index (χ0n) is 14.4. The molecule has 3 rings (SSSR count). The van der Waals surface area contributed by atoms with E-state index in [0.29, 0.717) is 6.04 Å². The fraction of sp³-hybridized carbons (Fsp3) is 0.421. The molecule has 1 aromatic heterocycles. The monoisotopic (exact) mass is 389 g/mol. The summed E-state index contributed by atoms with van der Waals surface area (Å²) < 4.78 is 3.15. The van der Waals surface area contributed by atoms with Crippen LogP contribution in [0, 0.1) is 13.8 Å². The summed E-state index contributed by atoms with van der Waals surface area (Å²) in [5, 5.41) is 6.63. The van der Waals surface area contributed by atoms with Crippen molar-refractivity contribution < 1.29 is 4.79 Å². The number of piperidine rings is 1. The molecule has 1 saturated heterocycles. The van der Waals surface area contributed by atoms with Crippen molar-refractivity contribution in [3.8, 4) is 5.69 Å². The Morgan fingerprint density at radius 1 is 1.33 bits per heavy atom. The van der Waals surface area contributed by atoms with Gasteiger partial charge >= 0.3 is 0 Å². The highest BCUT2D eigenvalue weighted by Crippen LogP contribution is 2.26. The Kier molecular flexibility index (Phi) is 5.11. The summed E-state index contributed by atoms with van der Waals surface area (Å²) in [5.74, 6) is 0.0282. The van der Waals surface area contributed by atoms with Crippen LogP contribution in [-0.2, 0) is 0 Å². The predicted octanol–water partition coefficient (Wildman–Crippen LogP) is 3.73. The van der Waals surface area contributed by atoms with Crippen molar-refractivity contribution in [1.82, 2.24) is 15.2 Å². The van der Waals surface area contributed by atoms with Crippen LogP contribution in [0.4, 0.5) is 0 Å². The third kappa shape index (κ3) is 3.42. The Labute approximate surface area is 151 Å². The number of nitrogens with zero attached hydrogens (tertiary/aromatic N) is 1. The molecule has 0 bridgehead atoms. The quantitative estimate of drug-likeness (QED) is 0.839. The van der Waals surface area contributed by atoms with Crippen LogP contribution in [0.2, 0.25) is 0 Å². The molecule has 0 aliphatic carbocycles. The van der Waals surface area contributed by atoms with Gasteiger partial charge in [0.05, 0.1) is 11.3 Å². The van der Waals surface area contributed by atoms with Crippen LogP contribution in [0.1, 0.15) is 41.5 Å². The van der Waals surface area contributed by atoms with E-state index in [9.17, 15) is 4.79 Å². The molecule has 5 heteroatoms. The Morgan fingerprint density at radius 2 is 2.08 bits per heavy atom. The first-order valence-corrected chi connectivity index (χ1v) is 9.24. The average Bonchev–Trinajstić information content (AvgIpc) is 2.83. The van der Waals surface area contributed by atoms with Gasteiger partial charge in [0.2, 0.25) is 0 Å². The van der Waals surface area contributed by atoms with Crippen molar-refractivity contribution in [1.29, 1.82) is 0 Å². The second-order valence-corrected chi connectivity index (χ2v) is 7.48. The maximum Gasteiger partial charge on any atom is 0.253 e. The van der Waals surface area contributed by atoms with Crippen LogP contribution in [0.25, 0.3) is 5.69 Å². The number of rotatable bonds is 3. The van der Waals surface area contributed by atoms with Gasteiger partial charge in [-0.2, -0.15) is 0 Å². The van der Waals surface area contributed by atoms with Crippen LogP contribution < -0.4 is 10.6 Å². The highest BCUT2D eigenvalue weighted by atomic mass is 79.9. The van der Waals surface area contributed by atoms with E-state index < -0.39 is 0 Å². The van der Waals surface area contributed by atoms with E-state index in [1.165, 1.54) is 0 Å². The van der Waals surface area contributed by atoms with Gasteiger partial charge in [0.25, 0.3) is 5.91 Å². The highest BCUT2D eigenvalue weighted by Gasteiger charge is 2.23. The van der Waals surface area contributed by atoms with Crippen LogP contribution in [0.5, 0.6) is 0 Å². The van der Waals surface area contributed by atoms with Gasteiger partial charge < -0.3 is 15.2 Å². The van der Waals surface area contributed by atoms with E-state index in [1.54, 1.807) is 0 Å². The molecule has 0 saturated carbocycles. The van der Waals surface area contributed by atoms with Crippen LogP contribution in [0.15, 0.2) is 34.8 Å². The lowest BCUT2D eigenvalue weighted by Crippen LogP contribution is -2.46. The Balaban J connectivity index is 1.86. The second-order valence-electron chi connectivity index (χ2n) is 6.62. The molecule has 1 aliphatic rings. The van der Waals surface area contributed by atoms with E-state index in [0.717, 1.165) is 46.5 Å². The molecule has 2 N–H and O–H groups in total. The standard InChI is InChI=1S/C19H24BrN3O/c1-12-10-15(8-9-21-12)22-19(24)16-11-13(2)23(14(16)3)18-7-5-4-6-17(18)20/h4-7,11-12,15,21H,8-10H2,1-3H3,(H,22,24). The summed E-state index contributed by atoms with van der Waals surface area (Å²) in [6, 6.07) is 10.8. The lowest BCUT2D eigenvalue weighted by atomic mass is 10.0. The molecular weight excluding hydrogens is 366 g/mol. The first kappa shape index (κ1) is 17.2. The number of para-hydroxylation sites is 1. The van der Waals surface area contributed by atoms with Gasteiger partial charge in [-0.25, -0.2) is 0 Å². The molecule has 1 aliphatic heterocycles. The minimum absolute atomic E-state index is 0.0282. The maximum atomic E-state index is 12.8. The molecule has 128 valence electrons. The predicted molar refractivity (Wildman–Crippen MR) is 101 cm³/mol. The van der Waals surface area contributed by atoms with Crippen molar-refractivity contribution in [3.63, 3.8) is 0 Å². The number of halogens is 1. The SMILES string of the molecule is Cc1cc(C(=O)NC2CCNC(C)C2)c(C)n1-c1ccccc1Br. The Bertz CT molecular complexity index is 753. The summed E-state index contributed by atoms with van der Waals surface area (Å²) in [5.41, 5.74) is 3.85. The number of carbonyl (C=O) groups excluding carboxylic acids is 1. The first-order chi connectivity index (χ1) is 11.5. The number of nitrogens with one attached hydrogen (secondary N) is 2. The first-order valence-electron chi connectivity index (χ1n) is 8.45. The lowest BCUT2D eigenvalue weighted by molar-refractivity contribution is 0.0925. The molecule has 1 fully saturated rings. The summed E-state index contributed by atoms with van der Waals surface area (Å²) in [6.07, 6.45) is 1.97. The smallest absolute Gasteiger partial charge is 0.253 e. The van der Waals surface area contributed by atoms with E-state index >= 15 is 0 Å². The molecular formula is C19H24BrN3O. The third-order valence-electron chi connectivity index (χ3n) is 4.73. The van der Waals surface area contributed by atoms with Crippen LogP contribution in [0.3, 0.4) is 0 Å². The molecule has 1 amide bonds. The molecule has 4 nitrogen and oxygen atoms in total. The van der Waals surface area contributed by atoms with Gasteiger partial charge in [0.1, 0.15) is 0 Å². The summed E-state index contributed by atoms with van der Waals surface area (Å²) in [6.45, 7) is 7.17. The zero-order chi connectivity index (χ0) is 17.3. The summed E-state index contributed by atoms with van der Waals surface area (Å²) >= 11 is 3.61. The van der Waals surface area contributed by atoms with E-state index in [1.807, 2.05) is 38.1 Å². The number of amides is 1. The number of aromatic nitrogens is 1. The number of aryl methyl sites for hydroxylation is 1. The van der Waals surface area contributed by atoms with Gasteiger partial charge in [-0.1, -0.05) is 12.1 Å². The minimum atomic E-state index is 0.0282. The number of hydrogen-bond donors (Lipinski definition) is 2. The molecule has 2 unspecified atom stereocenters. The average molecular weight is 390 g/mol. The lowest BCUT2D eigenvalue weighted by Gasteiger charge is -2.28. The van der Waals surface area contributed by atoms with E-state index in [-0.39, 0.29) is 11.9 Å². The molecule has 0 spiro atoms. The Morgan fingerprint density at radius 3 is 2.79 bits per heavy atom. The van der Waals surface area contributed by atoms with Crippen molar-refractivity contribution in [2.45, 2.75) is 45.7 Å². The van der Waals surface area contributed by atoms with Gasteiger partial charge in [-0.3, -0.25) is 4.79 Å². The topological polar surface area (TPSA) is 46.1 Å². The zero-order valence-corrected chi connectivity index (χ0v) is 16.0. The molecule has 1 aromatic carbocycles. The van der Waals surface area contributed by atoms with Gasteiger partial charge in [0.15, 0.2) is 0 Å². The van der Waals surface area contributed by atoms with Crippen LogP contribution >= 0.6 is 15.9 Å². The maximum absolute atomic E-state index is 12.8. The fourth-order valence-corrected chi connectivity index (χ4v) is 3.98. The van der Waals surface area contributed by atoms with Crippen molar-refractivity contribution >= 4 is 21.8 Å². The third-order valence-corrected chi connectivity index (χ3v) is 5.40. The van der Waals surface area contributed by atoms with Gasteiger partial charge in [-0.05, 0) is 74.3 Å². The molecule has 24 heavy (non-hydrogen) atoms. The number of carbonyl (C=O) groups is 1. The highest BCUT2D eigenvalue weighted by molar-refractivity contribution is 9.10. The van der Waals surface area contributed by atoms with E-state index in [2.05, 4.69) is 44.1 Å². The van der Waals surface area contributed by atoms with Crippen molar-refractivity contribution in [3.05, 3.63) is 51.8 Å². The fourth-order valence-electron chi connectivity index (χ4n) is 3.52. The number of benzene rings is 1. The normalized spacial score (nSPS) is 20.8. The van der Waals surface area contributed by atoms with Crippen molar-refractivity contribution in [2.75, 3.05) is 6.54 Å². The number of hydrogen-bond acceptors (Lipinski definition) is 2. The molecule has 2 heterocycles. The summed E-state index contributed by atoms with van der Waals surface area (Å²) in [4.78, 5) is 12.8. The van der Waals surface area contributed by atoms with Gasteiger partial charge in [-0.15, -0.1) is 0 Å². The second kappa shape index (κ2) is 7.11. The molecule has 2 atom stereocenters. The minimum Gasteiger partial charge on any atom is -0.349 e. The van der Waals surface area contributed by atoms with Crippen LogP contribution in [-0.4, -0.2) is 29.1 Å².